The van der Waals surface area contributed by atoms with E-state index in [1.807, 2.05) is 53.4 Å². The van der Waals surface area contributed by atoms with Crippen molar-refractivity contribution in [2.45, 2.75) is 25.3 Å². The van der Waals surface area contributed by atoms with Crippen LogP contribution < -0.4 is 4.74 Å². The molecule has 0 N–H and O–H groups in total. The summed E-state index contributed by atoms with van der Waals surface area (Å²) in [5.74, 6) is 1.17. The Bertz CT molecular complexity index is 929. The molecule has 1 aliphatic rings. The molecule has 0 saturated carbocycles. The first-order valence-corrected chi connectivity index (χ1v) is 10.1. The predicted molar refractivity (Wildman–Crippen MR) is 109 cm³/mol. The van der Waals surface area contributed by atoms with Crippen LogP contribution >= 0.6 is 11.6 Å². The number of nitrogens with zero attached hydrogens (tertiary/aromatic N) is 5. The molecule has 3 aromatic rings. The monoisotopic (exact) mass is 411 g/mol. The van der Waals surface area contributed by atoms with Crippen molar-refractivity contribution in [3.05, 3.63) is 71.0 Å². The lowest BCUT2D eigenvalue weighted by atomic mass is 9.99. The SMILES string of the molecule is O=C(c1ccc(OCCCn2cnnn2)cc1)N1CC[C@H](c2ccc(Cl)cc2)C1. The molecule has 2 aromatic carbocycles. The topological polar surface area (TPSA) is 73.1 Å². The quantitative estimate of drug-likeness (QED) is 0.557. The van der Waals surface area contributed by atoms with Crippen molar-refractivity contribution in [2.75, 3.05) is 19.7 Å². The molecule has 7 nitrogen and oxygen atoms in total. The van der Waals surface area contributed by atoms with Gasteiger partial charge in [0.2, 0.25) is 0 Å². The summed E-state index contributed by atoms with van der Waals surface area (Å²) in [4.78, 5) is 14.7. The largest absolute Gasteiger partial charge is 0.494 e. The Balaban J connectivity index is 1.27. The molecule has 1 atom stereocenters. The van der Waals surface area contributed by atoms with Crippen LogP contribution in [0.25, 0.3) is 0 Å². The van der Waals surface area contributed by atoms with Gasteiger partial charge in [0.25, 0.3) is 5.91 Å². The zero-order valence-electron chi connectivity index (χ0n) is 15.9. The van der Waals surface area contributed by atoms with E-state index in [4.69, 9.17) is 16.3 Å². The van der Waals surface area contributed by atoms with E-state index in [1.54, 1.807) is 11.0 Å². The minimum Gasteiger partial charge on any atom is -0.494 e. The molecule has 150 valence electrons. The summed E-state index contributed by atoms with van der Waals surface area (Å²) in [5.41, 5.74) is 1.91. The Labute approximate surface area is 174 Å². The standard InChI is InChI=1S/C21H22ClN5O2/c22-19-6-2-16(3-7-19)18-10-12-26(14-18)21(28)17-4-8-20(9-5-17)29-13-1-11-27-15-23-24-25-27/h2-9,15,18H,1,10-14H2/t18-/m0/s1. The number of hydrogen-bond donors (Lipinski definition) is 0. The fourth-order valence-corrected chi connectivity index (χ4v) is 3.65. The second-order valence-corrected chi connectivity index (χ2v) is 7.52. The molecule has 0 bridgehead atoms. The van der Waals surface area contributed by atoms with E-state index in [9.17, 15) is 4.79 Å². The molecule has 1 aromatic heterocycles. The molecular formula is C21H22ClN5O2. The smallest absolute Gasteiger partial charge is 0.253 e. The third-order valence-corrected chi connectivity index (χ3v) is 5.36. The summed E-state index contributed by atoms with van der Waals surface area (Å²) >= 11 is 5.97. The van der Waals surface area contributed by atoms with Gasteiger partial charge in [-0.3, -0.25) is 4.79 Å². The molecule has 2 heterocycles. The number of likely N-dealkylation sites (tertiary alicyclic amines) is 1. The molecule has 1 amide bonds. The summed E-state index contributed by atoms with van der Waals surface area (Å²) in [6.45, 7) is 2.76. The maximum atomic E-state index is 12.8. The highest BCUT2D eigenvalue weighted by Crippen LogP contribution is 2.29. The van der Waals surface area contributed by atoms with E-state index >= 15 is 0 Å². The summed E-state index contributed by atoms with van der Waals surface area (Å²) in [6.07, 6.45) is 3.34. The van der Waals surface area contributed by atoms with Crippen LogP contribution in [-0.2, 0) is 6.54 Å². The Morgan fingerprint density at radius 3 is 2.66 bits per heavy atom. The minimum atomic E-state index is 0.0618. The van der Waals surface area contributed by atoms with Crippen molar-refractivity contribution < 1.29 is 9.53 Å². The predicted octanol–water partition coefficient (Wildman–Crippen LogP) is 3.43. The van der Waals surface area contributed by atoms with Crippen molar-refractivity contribution in [1.82, 2.24) is 25.1 Å². The Hall–Kier alpha value is -2.93. The first-order valence-electron chi connectivity index (χ1n) is 9.67. The lowest BCUT2D eigenvalue weighted by Gasteiger charge is -2.17. The zero-order chi connectivity index (χ0) is 20.1. The molecule has 29 heavy (non-hydrogen) atoms. The van der Waals surface area contributed by atoms with Gasteiger partial charge in [-0.2, -0.15) is 0 Å². The summed E-state index contributed by atoms with van der Waals surface area (Å²) < 4.78 is 7.40. The van der Waals surface area contributed by atoms with E-state index in [2.05, 4.69) is 15.5 Å². The van der Waals surface area contributed by atoms with E-state index < -0.39 is 0 Å². The number of ether oxygens (including phenoxy) is 1. The molecule has 0 aliphatic carbocycles. The average Bonchev–Trinajstić information content (AvgIpc) is 3.44. The molecule has 1 saturated heterocycles. The van der Waals surface area contributed by atoms with Crippen molar-refractivity contribution in [2.24, 2.45) is 0 Å². The van der Waals surface area contributed by atoms with Gasteiger partial charge in [0, 0.05) is 42.6 Å². The number of aromatic nitrogens is 4. The van der Waals surface area contributed by atoms with Gasteiger partial charge in [-0.05, 0) is 58.8 Å². The molecule has 4 rings (SSSR count). The number of carbonyl (C=O) groups excluding carboxylic acids is 1. The highest BCUT2D eigenvalue weighted by molar-refractivity contribution is 6.30. The normalized spacial score (nSPS) is 16.2. The zero-order valence-corrected chi connectivity index (χ0v) is 16.7. The highest BCUT2D eigenvalue weighted by atomic mass is 35.5. The van der Waals surface area contributed by atoms with Crippen LogP contribution in [0.1, 0.15) is 34.7 Å². The Morgan fingerprint density at radius 1 is 1.14 bits per heavy atom. The van der Waals surface area contributed by atoms with Gasteiger partial charge >= 0.3 is 0 Å². The number of aryl methyl sites for hydroxylation is 1. The van der Waals surface area contributed by atoms with Crippen LogP contribution in [0.5, 0.6) is 5.75 Å². The first-order chi connectivity index (χ1) is 14.2. The van der Waals surface area contributed by atoms with Crippen LogP contribution in [0, 0.1) is 0 Å². The van der Waals surface area contributed by atoms with Crippen molar-refractivity contribution >= 4 is 17.5 Å². The van der Waals surface area contributed by atoms with E-state index in [1.165, 1.54) is 5.56 Å². The van der Waals surface area contributed by atoms with Crippen molar-refractivity contribution in [1.29, 1.82) is 0 Å². The molecule has 1 aliphatic heterocycles. The molecular weight excluding hydrogens is 390 g/mol. The first kappa shape index (κ1) is 19.4. The van der Waals surface area contributed by atoms with Crippen LogP contribution in [0.15, 0.2) is 54.9 Å². The fourth-order valence-electron chi connectivity index (χ4n) is 3.53. The lowest BCUT2D eigenvalue weighted by Crippen LogP contribution is -2.28. The van der Waals surface area contributed by atoms with Crippen LogP contribution in [0.2, 0.25) is 5.02 Å². The number of tetrazole rings is 1. The van der Waals surface area contributed by atoms with Gasteiger partial charge in [-0.1, -0.05) is 23.7 Å². The number of hydrogen-bond acceptors (Lipinski definition) is 5. The Morgan fingerprint density at radius 2 is 1.93 bits per heavy atom. The van der Waals surface area contributed by atoms with E-state index in [-0.39, 0.29) is 5.91 Å². The van der Waals surface area contributed by atoms with Crippen LogP contribution in [0.4, 0.5) is 0 Å². The molecule has 0 unspecified atom stereocenters. The second-order valence-electron chi connectivity index (χ2n) is 7.09. The van der Waals surface area contributed by atoms with Crippen molar-refractivity contribution in [3.8, 4) is 5.75 Å². The molecule has 0 spiro atoms. The molecule has 8 heteroatoms. The van der Waals surface area contributed by atoms with Gasteiger partial charge in [0.15, 0.2) is 0 Å². The Kier molecular flexibility index (Phi) is 6.05. The lowest BCUT2D eigenvalue weighted by molar-refractivity contribution is 0.0790. The van der Waals surface area contributed by atoms with E-state index in [0.29, 0.717) is 24.6 Å². The summed E-state index contributed by atoms with van der Waals surface area (Å²) in [6, 6.07) is 15.3. The van der Waals surface area contributed by atoms with Gasteiger partial charge in [0.05, 0.1) is 6.61 Å². The third kappa shape index (κ3) is 4.92. The number of benzene rings is 2. The number of amides is 1. The maximum Gasteiger partial charge on any atom is 0.253 e. The van der Waals surface area contributed by atoms with Gasteiger partial charge in [-0.15, -0.1) is 5.10 Å². The number of rotatable bonds is 7. The van der Waals surface area contributed by atoms with Crippen molar-refractivity contribution in [3.63, 3.8) is 0 Å². The van der Waals surface area contributed by atoms with Gasteiger partial charge < -0.3 is 9.64 Å². The van der Waals surface area contributed by atoms with Gasteiger partial charge in [0.1, 0.15) is 12.1 Å². The average molecular weight is 412 g/mol. The van der Waals surface area contributed by atoms with Crippen LogP contribution in [0.3, 0.4) is 0 Å². The summed E-state index contributed by atoms with van der Waals surface area (Å²) in [5, 5.41) is 11.7. The second kappa shape index (κ2) is 9.05. The highest BCUT2D eigenvalue weighted by Gasteiger charge is 2.27. The number of carbonyl (C=O) groups is 1. The maximum absolute atomic E-state index is 12.8. The molecule has 1 fully saturated rings. The van der Waals surface area contributed by atoms with E-state index in [0.717, 1.165) is 36.7 Å². The van der Waals surface area contributed by atoms with Gasteiger partial charge in [-0.25, -0.2) is 4.68 Å². The van der Waals surface area contributed by atoms with Crippen LogP contribution in [-0.4, -0.2) is 50.7 Å². The summed E-state index contributed by atoms with van der Waals surface area (Å²) in [7, 11) is 0. The molecule has 0 radical (unpaired) electrons. The third-order valence-electron chi connectivity index (χ3n) is 5.11. The minimum absolute atomic E-state index is 0.0618. The fraction of sp³-hybridized carbons (Fsp3) is 0.333. The number of halogens is 1.